The second-order valence-electron chi connectivity index (χ2n) is 8.29. The van der Waals surface area contributed by atoms with E-state index >= 15 is 0 Å². The van der Waals surface area contributed by atoms with Crippen molar-refractivity contribution in [1.29, 1.82) is 0 Å². The van der Waals surface area contributed by atoms with Crippen molar-refractivity contribution in [2.75, 3.05) is 13.6 Å². The second kappa shape index (κ2) is 10.9. The summed E-state index contributed by atoms with van der Waals surface area (Å²) in [4.78, 5) is 6.26. The average Bonchev–Trinajstić information content (AvgIpc) is 2.84. The molecule has 198 valence electrons. The molecular formula is C26H23ClF6N2O2. The standard InChI is InChI=1S/C26H23ClF6N2O2/c1-6-35(5)12-34-19-9-14(3)20(10-13(19)2)37-24-15(4)21(28)22(29)23(30)25(24)36-16-7-8-18(27)17(11-16)26(31,32)33/h7-12H,6H2,1-5H3. The summed E-state index contributed by atoms with van der Waals surface area (Å²) < 4.78 is 94.5. The zero-order valence-corrected chi connectivity index (χ0v) is 21.3. The number of nitrogens with zero attached hydrogens (tertiary/aromatic N) is 2. The number of aryl methyl sites for hydroxylation is 2. The van der Waals surface area contributed by atoms with Crippen LogP contribution in [0.5, 0.6) is 23.0 Å². The third-order valence-corrected chi connectivity index (χ3v) is 5.85. The van der Waals surface area contributed by atoms with Crippen molar-refractivity contribution < 1.29 is 35.8 Å². The number of halogens is 7. The van der Waals surface area contributed by atoms with E-state index in [1.807, 2.05) is 18.9 Å². The van der Waals surface area contributed by atoms with E-state index in [-0.39, 0.29) is 5.75 Å². The molecular weight excluding hydrogens is 522 g/mol. The number of aliphatic imine (C=N–C) groups is 1. The van der Waals surface area contributed by atoms with E-state index in [1.165, 1.54) is 0 Å². The van der Waals surface area contributed by atoms with Crippen molar-refractivity contribution in [2.45, 2.75) is 33.9 Å². The maximum atomic E-state index is 14.9. The van der Waals surface area contributed by atoms with E-state index in [9.17, 15) is 26.3 Å². The summed E-state index contributed by atoms with van der Waals surface area (Å²) in [6.45, 7) is 7.23. The van der Waals surface area contributed by atoms with Crippen molar-refractivity contribution in [3.63, 3.8) is 0 Å². The quantitative estimate of drug-likeness (QED) is 0.129. The maximum Gasteiger partial charge on any atom is 0.417 e. The summed E-state index contributed by atoms with van der Waals surface area (Å²) in [6, 6.07) is 5.71. The molecule has 0 aliphatic carbocycles. The Bertz CT molecular complexity index is 1360. The van der Waals surface area contributed by atoms with Crippen molar-refractivity contribution in [1.82, 2.24) is 4.90 Å². The molecule has 0 bridgehead atoms. The van der Waals surface area contributed by atoms with Crippen molar-refractivity contribution in [3.8, 4) is 23.0 Å². The SMILES string of the molecule is CCN(C)C=Nc1cc(C)c(Oc2c(C)c(F)c(F)c(F)c2Oc2ccc(Cl)c(C(F)(F)F)c2)cc1C. The van der Waals surface area contributed by atoms with E-state index in [1.54, 1.807) is 32.3 Å². The number of alkyl halides is 3. The lowest BCUT2D eigenvalue weighted by molar-refractivity contribution is -0.137. The molecule has 3 aromatic rings. The van der Waals surface area contributed by atoms with Crippen LogP contribution in [0.15, 0.2) is 35.3 Å². The maximum absolute atomic E-state index is 14.9. The molecule has 4 nitrogen and oxygen atoms in total. The van der Waals surface area contributed by atoms with Crippen molar-refractivity contribution in [2.24, 2.45) is 4.99 Å². The first-order valence-electron chi connectivity index (χ1n) is 11.0. The minimum atomic E-state index is -4.83. The summed E-state index contributed by atoms with van der Waals surface area (Å²) >= 11 is 5.62. The first-order chi connectivity index (χ1) is 17.2. The van der Waals surface area contributed by atoms with Crippen LogP contribution < -0.4 is 9.47 Å². The van der Waals surface area contributed by atoms with Crippen LogP contribution in [0.3, 0.4) is 0 Å². The molecule has 0 aliphatic heterocycles. The highest BCUT2D eigenvalue weighted by atomic mass is 35.5. The van der Waals surface area contributed by atoms with Crippen molar-refractivity contribution in [3.05, 3.63) is 75.1 Å². The van der Waals surface area contributed by atoms with Crippen LogP contribution in [-0.4, -0.2) is 24.8 Å². The van der Waals surface area contributed by atoms with E-state index < -0.39 is 57.0 Å². The van der Waals surface area contributed by atoms with Gasteiger partial charge in [-0.3, -0.25) is 0 Å². The lowest BCUT2D eigenvalue weighted by Crippen LogP contribution is -2.14. The molecule has 11 heteroatoms. The number of hydrogen-bond acceptors (Lipinski definition) is 3. The third kappa shape index (κ3) is 6.12. The lowest BCUT2D eigenvalue weighted by Gasteiger charge is -2.19. The predicted molar refractivity (Wildman–Crippen MR) is 130 cm³/mol. The fourth-order valence-corrected chi connectivity index (χ4v) is 3.45. The number of rotatable bonds is 7. The highest BCUT2D eigenvalue weighted by Gasteiger charge is 2.34. The fraction of sp³-hybridized carbons (Fsp3) is 0.269. The fourth-order valence-electron chi connectivity index (χ4n) is 3.22. The van der Waals surface area contributed by atoms with Gasteiger partial charge < -0.3 is 14.4 Å². The van der Waals surface area contributed by atoms with Gasteiger partial charge in [-0.2, -0.15) is 17.6 Å². The van der Waals surface area contributed by atoms with E-state index in [4.69, 9.17) is 21.1 Å². The van der Waals surface area contributed by atoms with Gasteiger partial charge in [-0.25, -0.2) is 13.8 Å². The molecule has 0 aliphatic rings. The molecule has 0 saturated heterocycles. The Morgan fingerprint density at radius 2 is 1.59 bits per heavy atom. The van der Waals surface area contributed by atoms with Crippen LogP contribution in [0.4, 0.5) is 32.0 Å². The van der Waals surface area contributed by atoms with Gasteiger partial charge in [0.05, 0.1) is 22.6 Å². The molecule has 0 unspecified atom stereocenters. The summed E-state index contributed by atoms with van der Waals surface area (Å²) in [6.07, 6.45) is -3.19. The molecule has 0 N–H and O–H groups in total. The average molecular weight is 545 g/mol. The Balaban J connectivity index is 2.09. The Morgan fingerprint density at radius 1 is 0.919 bits per heavy atom. The Hall–Kier alpha value is -3.40. The molecule has 0 amide bonds. The topological polar surface area (TPSA) is 34.1 Å². The van der Waals surface area contributed by atoms with Gasteiger partial charge in [0.15, 0.2) is 17.4 Å². The minimum Gasteiger partial charge on any atom is -0.453 e. The Morgan fingerprint density at radius 3 is 2.22 bits per heavy atom. The van der Waals surface area contributed by atoms with Crippen LogP contribution in [0.2, 0.25) is 5.02 Å². The van der Waals surface area contributed by atoms with Gasteiger partial charge in [0.1, 0.15) is 11.5 Å². The van der Waals surface area contributed by atoms with Gasteiger partial charge in [-0.05, 0) is 69.2 Å². The summed E-state index contributed by atoms with van der Waals surface area (Å²) in [5.41, 5.74) is 0.124. The molecule has 3 aromatic carbocycles. The van der Waals surface area contributed by atoms with Crippen LogP contribution >= 0.6 is 11.6 Å². The zero-order chi connectivity index (χ0) is 27.7. The van der Waals surface area contributed by atoms with E-state index in [0.717, 1.165) is 25.6 Å². The summed E-state index contributed by atoms with van der Waals surface area (Å²) in [7, 11) is 1.85. The lowest BCUT2D eigenvalue weighted by atomic mass is 10.1. The second-order valence-corrected chi connectivity index (χ2v) is 8.70. The predicted octanol–water partition coefficient (Wildman–Crippen LogP) is 8.90. The first kappa shape index (κ1) is 28.2. The van der Waals surface area contributed by atoms with Crippen molar-refractivity contribution >= 4 is 23.6 Å². The number of ether oxygens (including phenoxy) is 2. The molecule has 0 spiro atoms. The number of benzene rings is 3. The van der Waals surface area contributed by atoms with Crippen LogP contribution in [0.1, 0.15) is 29.2 Å². The molecule has 37 heavy (non-hydrogen) atoms. The molecule has 0 radical (unpaired) electrons. The summed E-state index contributed by atoms with van der Waals surface area (Å²) in [5.74, 6) is -6.96. The van der Waals surface area contributed by atoms with Gasteiger partial charge >= 0.3 is 6.18 Å². The zero-order valence-electron chi connectivity index (χ0n) is 20.5. The molecule has 0 atom stereocenters. The summed E-state index contributed by atoms with van der Waals surface area (Å²) in [5, 5.41) is -0.614. The van der Waals surface area contributed by atoms with Crippen LogP contribution in [-0.2, 0) is 6.18 Å². The molecule has 0 saturated carbocycles. The normalized spacial score (nSPS) is 11.8. The molecule has 3 rings (SSSR count). The largest absolute Gasteiger partial charge is 0.453 e. The Labute approximate surface area is 215 Å². The van der Waals surface area contributed by atoms with E-state index in [2.05, 4.69) is 4.99 Å². The van der Waals surface area contributed by atoms with Crippen LogP contribution in [0.25, 0.3) is 0 Å². The van der Waals surface area contributed by atoms with Crippen LogP contribution in [0, 0.1) is 38.2 Å². The third-order valence-electron chi connectivity index (χ3n) is 5.52. The van der Waals surface area contributed by atoms with Gasteiger partial charge in [0.2, 0.25) is 11.6 Å². The minimum absolute atomic E-state index is 0.158. The molecule has 0 heterocycles. The van der Waals surface area contributed by atoms with E-state index in [0.29, 0.717) is 22.9 Å². The van der Waals surface area contributed by atoms with Gasteiger partial charge in [0.25, 0.3) is 0 Å². The number of hydrogen-bond donors (Lipinski definition) is 0. The van der Waals surface area contributed by atoms with Gasteiger partial charge in [-0.1, -0.05) is 11.6 Å². The Kier molecular flexibility index (Phi) is 8.32. The van der Waals surface area contributed by atoms with Gasteiger partial charge in [0, 0.05) is 19.2 Å². The molecule has 0 aromatic heterocycles. The highest BCUT2D eigenvalue weighted by molar-refractivity contribution is 6.31. The highest BCUT2D eigenvalue weighted by Crippen LogP contribution is 2.45. The monoisotopic (exact) mass is 544 g/mol. The first-order valence-corrected chi connectivity index (χ1v) is 11.4. The molecule has 0 fully saturated rings. The smallest absolute Gasteiger partial charge is 0.417 e. The van der Waals surface area contributed by atoms with Gasteiger partial charge in [-0.15, -0.1) is 0 Å².